The number of alkyl halides is 3. The van der Waals surface area contributed by atoms with Gasteiger partial charge in [-0.3, -0.25) is 14.9 Å². The van der Waals surface area contributed by atoms with E-state index in [2.05, 4.69) is 0 Å². The Kier molecular flexibility index (Phi) is 4.36. The number of rotatable bonds is 3. The van der Waals surface area contributed by atoms with Crippen LogP contribution in [0.15, 0.2) is 18.2 Å². The molecular formula is C13H13F3N2O4. The molecule has 6 nitrogen and oxygen atoms in total. The first kappa shape index (κ1) is 16.2. The van der Waals surface area contributed by atoms with Crippen molar-refractivity contribution in [3.63, 3.8) is 0 Å². The van der Waals surface area contributed by atoms with Crippen LogP contribution in [-0.4, -0.2) is 42.7 Å². The van der Waals surface area contributed by atoms with E-state index in [0.29, 0.717) is 6.29 Å². The van der Waals surface area contributed by atoms with E-state index in [1.807, 2.05) is 0 Å². The van der Waals surface area contributed by atoms with Crippen LogP contribution in [-0.2, 0) is 4.74 Å². The molecule has 2 atom stereocenters. The van der Waals surface area contributed by atoms with Crippen molar-refractivity contribution in [2.75, 3.05) is 18.0 Å². The number of benzene rings is 1. The molecule has 0 amide bonds. The maximum absolute atomic E-state index is 12.8. The number of nitro groups is 1. The highest BCUT2D eigenvalue weighted by Crippen LogP contribution is 2.32. The SMILES string of the molecule is C[C@H]1CN(c2ccc([N+](=O)[O-])cc2C=O)C[C@@H](C(F)(F)F)O1. The van der Waals surface area contributed by atoms with Crippen molar-refractivity contribution in [2.24, 2.45) is 0 Å². The summed E-state index contributed by atoms with van der Waals surface area (Å²) in [4.78, 5) is 22.5. The minimum atomic E-state index is -4.52. The zero-order chi connectivity index (χ0) is 16.5. The van der Waals surface area contributed by atoms with Crippen molar-refractivity contribution >= 4 is 17.7 Å². The van der Waals surface area contributed by atoms with E-state index in [4.69, 9.17) is 4.74 Å². The van der Waals surface area contributed by atoms with Gasteiger partial charge in [0.25, 0.3) is 5.69 Å². The van der Waals surface area contributed by atoms with Crippen molar-refractivity contribution in [1.82, 2.24) is 0 Å². The predicted molar refractivity (Wildman–Crippen MR) is 71.1 cm³/mol. The Hall–Kier alpha value is -2.16. The van der Waals surface area contributed by atoms with Gasteiger partial charge in [-0.05, 0) is 13.0 Å². The Morgan fingerprint density at radius 3 is 2.64 bits per heavy atom. The Balaban J connectivity index is 2.34. The molecule has 0 N–H and O–H groups in total. The van der Waals surface area contributed by atoms with Gasteiger partial charge in [0, 0.05) is 29.9 Å². The van der Waals surface area contributed by atoms with E-state index in [0.717, 1.165) is 12.1 Å². The van der Waals surface area contributed by atoms with Crippen molar-refractivity contribution in [3.8, 4) is 0 Å². The van der Waals surface area contributed by atoms with Crippen LogP contribution in [0.1, 0.15) is 17.3 Å². The molecule has 1 aliphatic heterocycles. The second kappa shape index (κ2) is 5.91. The lowest BCUT2D eigenvalue weighted by atomic mass is 10.1. The molecule has 0 spiro atoms. The van der Waals surface area contributed by atoms with Crippen molar-refractivity contribution < 1.29 is 27.6 Å². The number of non-ortho nitro benzene ring substituents is 1. The van der Waals surface area contributed by atoms with Crippen LogP contribution < -0.4 is 4.90 Å². The third-order valence-corrected chi connectivity index (χ3v) is 3.31. The average Bonchev–Trinajstić information content (AvgIpc) is 2.44. The average molecular weight is 318 g/mol. The fourth-order valence-corrected chi connectivity index (χ4v) is 2.37. The third-order valence-electron chi connectivity index (χ3n) is 3.31. The molecule has 1 saturated heterocycles. The van der Waals surface area contributed by atoms with E-state index in [1.54, 1.807) is 0 Å². The van der Waals surface area contributed by atoms with Crippen molar-refractivity contribution in [2.45, 2.75) is 25.3 Å². The number of ether oxygens (including phenoxy) is 1. The molecule has 1 aromatic carbocycles. The summed E-state index contributed by atoms with van der Waals surface area (Å²) in [6.07, 6.45) is -6.78. The summed E-state index contributed by atoms with van der Waals surface area (Å²) in [5.74, 6) is 0. The number of hydrogen-bond donors (Lipinski definition) is 0. The summed E-state index contributed by atoms with van der Waals surface area (Å²) in [5.41, 5.74) is -0.0891. The van der Waals surface area contributed by atoms with Crippen molar-refractivity contribution in [3.05, 3.63) is 33.9 Å². The topological polar surface area (TPSA) is 72.7 Å². The van der Waals surface area contributed by atoms with E-state index >= 15 is 0 Å². The van der Waals surface area contributed by atoms with Crippen molar-refractivity contribution in [1.29, 1.82) is 0 Å². The number of carbonyl (C=O) groups excluding carboxylic acids is 1. The number of carbonyl (C=O) groups is 1. The molecule has 0 radical (unpaired) electrons. The maximum Gasteiger partial charge on any atom is 0.416 e. The van der Waals surface area contributed by atoms with Gasteiger partial charge in [-0.15, -0.1) is 0 Å². The third kappa shape index (κ3) is 3.35. The van der Waals surface area contributed by atoms with Gasteiger partial charge in [-0.2, -0.15) is 13.2 Å². The van der Waals surface area contributed by atoms with Gasteiger partial charge >= 0.3 is 6.18 Å². The number of morpholine rings is 1. The Morgan fingerprint density at radius 2 is 2.09 bits per heavy atom. The van der Waals surface area contributed by atoms with Gasteiger partial charge < -0.3 is 9.64 Å². The molecule has 1 fully saturated rings. The summed E-state index contributed by atoms with van der Waals surface area (Å²) in [5, 5.41) is 10.7. The van der Waals surface area contributed by atoms with Gasteiger partial charge in [-0.1, -0.05) is 0 Å². The molecule has 0 saturated carbocycles. The highest BCUT2D eigenvalue weighted by atomic mass is 19.4. The zero-order valence-corrected chi connectivity index (χ0v) is 11.5. The standard InChI is InChI=1S/C13H13F3N2O4/c1-8-5-17(6-12(22-8)13(14,15)16)11-3-2-10(18(20)21)4-9(11)7-19/h2-4,7-8,12H,5-6H2,1H3/t8-,12-/m0/s1. The summed E-state index contributed by atoms with van der Waals surface area (Å²) >= 11 is 0. The number of anilines is 1. The molecule has 1 aliphatic rings. The molecule has 1 aromatic rings. The second-order valence-corrected chi connectivity index (χ2v) is 5.00. The minimum Gasteiger partial charge on any atom is -0.365 e. The van der Waals surface area contributed by atoms with Gasteiger partial charge in [0.15, 0.2) is 12.4 Å². The smallest absolute Gasteiger partial charge is 0.365 e. The lowest BCUT2D eigenvalue weighted by Crippen LogP contribution is -2.52. The van der Waals surface area contributed by atoms with E-state index in [1.165, 1.54) is 17.9 Å². The number of hydrogen-bond acceptors (Lipinski definition) is 5. The highest BCUT2D eigenvalue weighted by Gasteiger charge is 2.45. The molecule has 0 aliphatic carbocycles. The van der Waals surface area contributed by atoms with Crippen LogP contribution in [0, 0.1) is 10.1 Å². The lowest BCUT2D eigenvalue weighted by molar-refractivity contribution is -0.384. The molecule has 0 bridgehead atoms. The van der Waals surface area contributed by atoms with E-state index in [-0.39, 0.29) is 23.5 Å². The molecule has 1 heterocycles. The first-order chi connectivity index (χ1) is 10.2. The van der Waals surface area contributed by atoms with Gasteiger partial charge in [0.1, 0.15) is 0 Å². The fraction of sp³-hybridized carbons (Fsp3) is 0.462. The van der Waals surface area contributed by atoms with Crippen LogP contribution >= 0.6 is 0 Å². The van der Waals surface area contributed by atoms with Crippen LogP contribution in [0.3, 0.4) is 0 Å². The molecule has 0 unspecified atom stereocenters. The Labute approximate surface area is 123 Å². The summed E-state index contributed by atoms with van der Waals surface area (Å²) in [6.45, 7) is 1.19. The summed E-state index contributed by atoms with van der Waals surface area (Å²) in [6, 6.07) is 3.49. The first-order valence-corrected chi connectivity index (χ1v) is 6.43. The van der Waals surface area contributed by atoms with Gasteiger partial charge in [0.05, 0.1) is 17.6 Å². The van der Waals surface area contributed by atoms with E-state index in [9.17, 15) is 28.1 Å². The second-order valence-electron chi connectivity index (χ2n) is 5.00. The minimum absolute atomic E-state index is 0.0239. The molecular weight excluding hydrogens is 305 g/mol. The van der Waals surface area contributed by atoms with Crippen LogP contribution in [0.5, 0.6) is 0 Å². The fourth-order valence-electron chi connectivity index (χ4n) is 2.37. The monoisotopic (exact) mass is 318 g/mol. The van der Waals surface area contributed by atoms with Crippen LogP contribution in [0.2, 0.25) is 0 Å². The Morgan fingerprint density at radius 1 is 1.41 bits per heavy atom. The largest absolute Gasteiger partial charge is 0.416 e. The van der Waals surface area contributed by atoms with Gasteiger partial charge in [0.2, 0.25) is 0 Å². The normalized spacial score (nSPS) is 22.5. The molecule has 22 heavy (non-hydrogen) atoms. The number of aldehydes is 1. The van der Waals surface area contributed by atoms with E-state index < -0.39 is 29.9 Å². The molecule has 9 heteroatoms. The quantitative estimate of drug-likeness (QED) is 0.486. The number of nitro benzene ring substituents is 1. The van der Waals surface area contributed by atoms with Crippen LogP contribution in [0.25, 0.3) is 0 Å². The molecule has 120 valence electrons. The first-order valence-electron chi connectivity index (χ1n) is 6.43. The highest BCUT2D eigenvalue weighted by molar-refractivity contribution is 5.86. The number of halogens is 3. The summed E-state index contributed by atoms with van der Waals surface area (Å²) < 4.78 is 43.4. The molecule has 2 rings (SSSR count). The number of nitrogens with zero attached hydrogens (tertiary/aromatic N) is 2. The zero-order valence-electron chi connectivity index (χ0n) is 11.5. The maximum atomic E-state index is 12.8. The summed E-state index contributed by atoms with van der Waals surface area (Å²) in [7, 11) is 0. The lowest BCUT2D eigenvalue weighted by Gasteiger charge is -2.39. The van der Waals surface area contributed by atoms with Gasteiger partial charge in [-0.25, -0.2) is 0 Å². The predicted octanol–water partition coefficient (Wildman–Crippen LogP) is 2.56. The molecule has 0 aromatic heterocycles. The van der Waals surface area contributed by atoms with Crippen LogP contribution in [0.4, 0.5) is 24.5 Å². The Bertz CT molecular complexity index is 591.